The fraction of sp³-hybridized carbons (Fsp3) is 0.353. The van der Waals surface area contributed by atoms with Crippen molar-refractivity contribution in [2.24, 2.45) is 4.99 Å². The van der Waals surface area contributed by atoms with Gasteiger partial charge in [-0.1, -0.05) is 12.1 Å². The quantitative estimate of drug-likeness (QED) is 0.693. The molecule has 0 saturated heterocycles. The van der Waals surface area contributed by atoms with Gasteiger partial charge in [-0.25, -0.2) is 13.8 Å². The van der Waals surface area contributed by atoms with Crippen molar-refractivity contribution in [1.29, 1.82) is 0 Å². The second-order valence-corrected chi connectivity index (χ2v) is 6.35. The fourth-order valence-electron chi connectivity index (χ4n) is 3.45. The largest absolute Gasteiger partial charge is 0.487 e. The standard InChI is InChI=1S/C17H11F7N2O2/c18-10-3-1-2-9-13(10)27-6-12(19)16(9)7-26-5-8(17(22,23)24)4-11(14(26)25-16)28-15(20)21/h1-5,12,15H,6-7H2. The van der Waals surface area contributed by atoms with Crippen molar-refractivity contribution in [3.8, 4) is 5.75 Å². The molecule has 0 fully saturated rings. The maximum absolute atomic E-state index is 14.9. The summed E-state index contributed by atoms with van der Waals surface area (Å²) in [6.45, 7) is -4.48. The van der Waals surface area contributed by atoms with Gasteiger partial charge in [0.2, 0.25) is 0 Å². The lowest BCUT2D eigenvalue weighted by Gasteiger charge is -2.36. The first-order valence-corrected chi connectivity index (χ1v) is 8.00. The molecule has 4 rings (SSSR count). The Labute approximate surface area is 153 Å². The van der Waals surface area contributed by atoms with Crippen LogP contribution in [0.2, 0.25) is 0 Å². The zero-order valence-corrected chi connectivity index (χ0v) is 13.8. The summed E-state index contributed by atoms with van der Waals surface area (Å²) in [6.07, 6.45) is -5.70. The zero-order chi connectivity index (χ0) is 20.3. The van der Waals surface area contributed by atoms with Gasteiger partial charge >= 0.3 is 12.8 Å². The molecule has 1 aromatic carbocycles. The van der Waals surface area contributed by atoms with Gasteiger partial charge in [-0.05, 0) is 12.1 Å². The number of nitrogens with zero attached hydrogens (tertiary/aromatic N) is 2. The molecule has 4 nitrogen and oxygen atoms in total. The van der Waals surface area contributed by atoms with E-state index < -0.39 is 60.6 Å². The molecule has 0 aromatic heterocycles. The molecule has 0 bridgehead atoms. The first-order chi connectivity index (χ1) is 13.1. The molecule has 0 saturated carbocycles. The van der Waals surface area contributed by atoms with Crippen LogP contribution in [0, 0.1) is 5.82 Å². The predicted octanol–water partition coefficient (Wildman–Crippen LogP) is 4.05. The minimum Gasteiger partial charge on any atom is -0.487 e. The number of rotatable bonds is 2. The zero-order valence-electron chi connectivity index (χ0n) is 13.8. The van der Waals surface area contributed by atoms with Crippen molar-refractivity contribution in [1.82, 2.24) is 4.90 Å². The Morgan fingerprint density at radius 1 is 1.29 bits per heavy atom. The van der Waals surface area contributed by atoms with E-state index in [4.69, 9.17) is 4.74 Å². The Morgan fingerprint density at radius 3 is 2.71 bits per heavy atom. The summed E-state index contributed by atoms with van der Waals surface area (Å²) >= 11 is 0. The lowest BCUT2D eigenvalue weighted by molar-refractivity contribution is -0.0981. The van der Waals surface area contributed by atoms with Crippen molar-refractivity contribution in [3.05, 3.63) is 53.2 Å². The fourth-order valence-corrected chi connectivity index (χ4v) is 3.45. The molecule has 11 heteroatoms. The summed E-state index contributed by atoms with van der Waals surface area (Å²) in [6, 6.07) is 3.68. The highest BCUT2D eigenvalue weighted by Crippen LogP contribution is 2.48. The third-order valence-corrected chi connectivity index (χ3v) is 4.66. The van der Waals surface area contributed by atoms with Gasteiger partial charge < -0.3 is 14.4 Å². The van der Waals surface area contributed by atoms with Gasteiger partial charge in [0, 0.05) is 11.8 Å². The summed E-state index contributed by atoms with van der Waals surface area (Å²) in [5.74, 6) is -2.31. The van der Waals surface area contributed by atoms with Crippen LogP contribution in [0.25, 0.3) is 0 Å². The van der Waals surface area contributed by atoms with E-state index in [-0.39, 0.29) is 11.3 Å². The minimum absolute atomic E-state index is 0.0218. The predicted molar refractivity (Wildman–Crippen MR) is 81.9 cm³/mol. The van der Waals surface area contributed by atoms with E-state index in [2.05, 4.69) is 9.73 Å². The number of para-hydroxylation sites is 1. The summed E-state index contributed by atoms with van der Waals surface area (Å²) in [4.78, 5) is 4.98. The van der Waals surface area contributed by atoms with E-state index in [1.807, 2.05) is 0 Å². The highest BCUT2D eigenvalue weighted by molar-refractivity contribution is 6.00. The molecule has 2 atom stereocenters. The number of hydrogen-bond acceptors (Lipinski definition) is 4. The Kier molecular flexibility index (Phi) is 4.09. The van der Waals surface area contributed by atoms with Gasteiger partial charge in [0.1, 0.15) is 12.1 Å². The molecule has 1 aromatic rings. The number of ether oxygens (including phenoxy) is 2. The summed E-state index contributed by atoms with van der Waals surface area (Å²) in [5, 5.41) is 0. The smallest absolute Gasteiger partial charge is 0.417 e. The van der Waals surface area contributed by atoms with E-state index in [0.717, 1.165) is 11.0 Å². The lowest BCUT2D eigenvalue weighted by atomic mass is 9.84. The molecule has 3 heterocycles. The summed E-state index contributed by atoms with van der Waals surface area (Å²) < 4.78 is 103. The number of fused-ring (bicyclic) bond motifs is 3. The molecule has 1 spiro atoms. The number of amidine groups is 1. The minimum atomic E-state index is -4.85. The third kappa shape index (κ3) is 2.80. The molecule has 28 heavy (non-hydrogen) atoms. The van der Waals surface area contributed by atoms with Crippen LogP contribution in [0.1, 0.15) is 5.56 Å². The number of benzene rings is 1. The van der Waals surface area contributed by atoms with E-state index in [9.17, 15) is 30.7 Å². The van der Waals surface area contributed by atoms with Crippen molar-refractivity contribution in [2.75, 3.05) is 13.2 Å². The molecule has 0 N–H and O–H groups in total. The van der Waals surface area contributed by atoms with Crippen LogP contribution in [0.3, 0.4) is 0 Å². The number of allylic oxidation sites excluding steroid dienone is 2. The van der Waals surface area contributed by atoms with Crippen molar-refractivity contribution < 1.29 is 40.2 Å². The summed E-state index contributed by atoms with van der Waals surface area (Å²) in [7, 11) is 0. The molecular weight excluding hydrogens is 397 g/mol. The van der Waals surface area contributed by atoms with Crippen LogP contribution < -0.4 is 4.74 Å². The highest BCUT2D eigenvalue weighted by atomic mass is 19.4. The number of aliphatic imine (C=N–C) groups is 1. The Balaban J connectivity index is 1.86. The van der Waals surface area contributed by atoms with Crippen LogP contribution >= 0.6 is 0 Å². The van der Waals surface area contributed by atoms with Crippen LogP contribution in [0.15, 0.2) is 46.8 Å². The average Bonchev–Trinajstić information content (AvgIpc) is 2.98. The normalized spacial score (nSPS) is 26.4. The highest BCUT2D eigenvalue weighted by Gasteiger charge is 2.54. The van der Waals surface area contributed by atoms with E-state index in [0.29, 0.717) is 12.3 Å². The van der Waals surface area contributed by atoms with Gasteiger partial charge in [-0.3, -0.25) is 0 Å². The first kappa shape index (κ1) is 18.6. The summed E-state index contributed by atoms with van der Waals surface area (Å²) in [5.41, 5.74) is -3.11. The molecule has 3 aliphatic rings. The molecule has 0 aliphatic carbocycles. The van der Waals surface area contributed by atoms with Crippen molar-refractivity contribution in [2.45, 2.75) is 24.5 Å². The second kappa shape index (κ2) is 6.14. The molecule has 2 unspecified atom stereocenters. The monoisotopic (exact) mass is 408 g/mol. The first-order valence-electron chi connectivity index (χ1n) is 8.00. The SMILES string of the molecule is Fc1cccc2c1OCC(F)C21CN2C=C(C(F)(F)F)C=C(OC(F)F)C2=N1. The Hall–Kier alpha value is -2.72. The van der Waals surface area contributed by atoms with Gasteiger partial charge in [0.15, 0.2) is 29.3 Å². The maximum Gasteiger partial charge on any atom is 0.417 e. The van der Waals surface area contributed by atoms with E-state index in [1.54, 1.807) is 0 Å². The maximum atomic E-state index is 14.9. The van der Waals surface area contributed by atoms with Gasteiger partial charge in [-0.15, -0.1) is 0 Å². The van der Waals surface area contributed by atoms with Crippen LogP contribution in [-0.2, 0) is 10.3 Å². The number of halogens is 7. The lowest BCUT2D eigenvalue weighted by Crippen LogP contribution is -2.46. The van der Waals surface area contributed by atoms with E-state index >= 15 is 0 Å². The Bertz CT molecular complexity index is 909. The molecule has 0 radical (unpaired) electrons. The molecule has 3 aliphatic heterocycles. The third-order valence-electron chi connectivity index (χ3n) is 4.66. The molecule has 150 valence electrons. The number of alkyl halides is 6. The topological polar surface area (TPSA) is 34.1 Å². The van der Waals surface area contributed by atoms with Gasteiger partial charge in [0.05, 0.1) is 12.1 Å². The van der Waals surface area contributed by atoms with Crippen molar-refractivity contribution >= 4 is 5.84 Å². The average molecular weight is 408 g/mol. The van der Waals surface area contributed by atoms with Crippen LogP contribution in [0.4, 0.5) is 30.7 Å². The van der Waals surface area contributed by atoms with Gasteiger partial charge in [-0.2, -0.15) is 22.0 Å². The van der Waals surface area contributed by atoms with Crippen LogP contribution in [0.5, 0.6) is 5.75 Å². The second-order valence-electron chi connectivity index (χ2n) is 6.35. The van der Waals surface area contributed by atoms with Crippen LogP contribution in [-0.4, -0.2) is 42.8 Å². The van der Waals surface area contributed by atoms with Gasteiger partial charge in [0.25, 0.3) is 0 Å². The Morgan fingerprint density at radius 2 is 2.04 bits per heavy atom. The number of hydrogen-bond donors (Lipinski definition) is 0. The van der Waals surface area contributed by atoms with E-state index in [1.165, 1.54) is 12.1 Å². The molecular formula is C17H11F7N2O2. The molecule has 0 amide bonds. The van der Waals surface area contributed by atoms with Crippen molar-refractivity contribution in [3.63, 3.8) is 0 Å².